The number of nitrogens with two attached hydrogens (primary N) is 1. The van der Waals surface area contributed by atoms with Crippen molar-refractivity contribution in [2.24, 2.45) is 5.84 Å². The molecule has 0 aliphatic carbocycles. The molecule has 2 N–H and O–H groups in total. The predicted octanol–water partition coefficient (Wildman–Crippen LogP) is 1.02. The number of anilines is 1. The summed E-state index contributed by atoms with van der Waals surface area (Å²) < 4.78 is 5.24. The van der Waals surface area contributed by atoms with E-state index < -0.39 is 0 Å². The smallest absolute Gasteiger partial charge is 0.148 e. The lowest BCUT2D eigenvalue weighted by Gasteiger charge is -2.16. The molecule has 1 aromatic heterocycles. The van der Waals surface area contributed by atoms with Crippen molar-refractivity contribution in [2.45, 2.75) is 13.8 Å². The Hall–Kier alpha value is -1.29. The van der Waals surface area contributed by atoms with Gasteiger partial charge in [-0.2, -0.15) is 0 Å². The van der Waals surface area contributed by atoms with E-state index in [1.165, 1.54) is 5.01 Å². The molecule has 0 bridgehead atoms. The van der Waals surface area contributed by atoms with Crippen LogP contribution in [0.3, 0.4) is 0 Å². The molecule has 0 aliphatic rings. The first-order valence-electron chi connectivity index (χ1n) is 4.06. The lowest BCUT2D eigenvalue weighted by Crippen LogP contribution is -2.27. The molecule has 0 saturated heterocycles. The van der Waals surface area contributed by atoms with Crippen LogP contribution in [0.1, 0.15) is 11.1 Å². The van der Waals surface area contributed by atoms with E-state index in [1.807, 2.05) is 13.8 Å². The number of aromatic nitrogens is 1. The van der Waals surface area contributed by atoms with Gasteiger partial charge in [0.15, 0.2) is 0 Å². The van der Waals surface area contributed by atoms with Crippen LogP contribution in [-0.2, 0) is 0 Å². The minimum Gasteiger partial charge on any atom is -0.496 e. The number of hydrogen-bond acceptors (Lipinski definition) is 4. The molecule has 1 aromatic rings. The van der Waals surface area contributed by atoms with Gasteiger partial charge in [0.2, 0.25) is 0 Å². The van der Waals surface area contributed by atoms with Crippen molar-refractivity contribution in [3.63, 3.8) is 0 Å². The van der Waals surface area contributed by atoms with Gasteiger partial charge in [-0.05, 0) is 13.8 Å². The zero-order chi connectivity index (χ0) is 10.0. The summed E-state index contributed by atoms with van der Waals surface area (Å²) in [4.78, 5) is 4.21. The van der Waals surface area contributed by atoms with Crippen molar-refractivity contribution in [2.75, 3.05) is 19.2 Å². The first kappa shape index (κ1) is 9.80. The summed E-state index contributed by atoms with van der Waals surface area (Å²) in [6.45, 7) is 3.90. The van der Waals surface area contributed by atoms with Crippen molar-refractivity contribution in [1.29, 1.82) is 0 Å². The summed E-state index contributed by atoms with van der Waals surface area (Å²) in [5.41, 5.74) is 1.98. The third-order valence-electron chi connectivity index (χ3n) is 1.95. The van der Waals surface area contributed by atoms with Crippen molar-refractivity contribution in [3.05, 3.63) is 17.3 Å². The van der Waals surface area contributed by atoms with Crippen LogP contribution in [0.5, 0.6) is 5.75 Å². The van der Waals surface area contributed by atoms with Crippen LogP contribution >= 0.6 is 0 Å². The zero-order valence-corrected chi connectivity index (χ0v) is 8.46. The summed E-state index contributed by atoms with van der Waals surface area (Å²) in [6, 6.07) is 0. The molecular formula is C9H15N3O. The molecule has 1 rings (SSSR count). The molecule has 0 amide bonds. The number of methoxy groups -OCH3 is 1. The van der Waals surface area contributed by atoms with Gasteiger partial charge >= 0.3 is 0 Å². The second-order valence-electron chi connectivity index (χ2n) is 3.03. The first-order chi connectivity index (χ1) is 6.07. The Balaban J connectivity index is 3.27. The fourth-order valence-corrected chi connectivity index (χ4v) is 1.38. The third kappa shape index (κ3) is 1.72. The maximum absolute atomic E-state index is 5.60. The van der Waals surface area contributed by atoms with E-state index in [2.05, 4.69) is 4.98 Å². The van der Waals surface area contributed by atoms with Crippen LogP contribution in [0.2, 0.25) is 0 Å². The quantitative estimate of drug-likeness (QED) is 0.546. The summed E-state index contributed by atoms with van der Waals surface area (Å²) in [7, 11) is 3.40. The second-order valence-corrected chi connectivity index (χ2v) is 3.03. The highest BCUT2D eigenvalue weighted by molar-refractivity contribution is 5.54. The van der Waals surface area contributed by atoms with Gasteiger partial charge in [-0.15, -0.1) is 0 Å². The van der Waals surface area contributed by atoms with Gasteiger partial charge in [0, 0.05) is 24.4 Å². The van der Waals surface area contributed by atoms with Gasteiger partial charge in [0.05, 0.1) is 7.11 Å². The minimum absolute atomic E-state index is 0.738. The molecule has 0 atom stereocenters. The van der Waals surface area contributed by atoms with Crippen molar-refractivity contribution in [1.82, 2.24) is 4.98 Å². The fraction of sp³-hybridized carbons (Fsp3) is 0.444. The maximum atomic E-state index is 5.60. The summed E-state index contributed by atoms with van der Waals surface area (Å²) in [5, 5.41) is 1.48. The first-order valence-corrected chi connectivity index (χ1v) is 4.06. The van der Waals surface area contributed by atoms with Crippen LogP contribution in [0, 0.1) is 13.8 Å². The lowest BCUT2D eigenvalue weighted by molar-refractivity contribution is 0.408. The van der Waals surface area contributed by atoms with E-state index >= 15 is 0 Å². The fourth-order valence-electron chi connectivity index (χ4n) is 1.38. The standard InChI is InChI=1S/C9H15N3O/c1-6-5-11-9(12(3)10)7(2)8(6)13-4/h5H,10H2,1-4H3. The van der Waals surface area contributed by atoms with E-state index in [4.69, 9.17) is 10.6 Å². The average Bonchev–Trinajstić information content (AvgIpc) is 2.04. The monoisotopic (exact) mass is 181 g/mol. The topological polar surface area (TPSA) is 51.4 Å². The highest BCUT2D eigenvalue weighted by Crippen LogP contribution is 2.27. The van der Waals surface area contributed by atoms with E-state index in [1.54, 1.807) is 20.4 Å². The van der Waals surface area contributed by atoms with Gasteiger partial charge in [0.25, 0.3) is 0 Å². The van der Waals surface area contributed by atoms with Crippen LogP contribution in [-0.4, -0.2) is 19.1 Å². The molecular weight excluding hydrogens is 166 g/mol. The Morgan fingerprint density at radius 2 is 2.08 bits per heavy atom. The normalized spacial score (nSPS) is 9.92. The second kappa shape index (κ2) is 3.62. The molecule has 13 heavy (non-hydrogen) atoms. The predicted molar refractivity (Wildman–Crippen MR) is 52.9 cm³/mol. The van der Waals surface area contributed by atoms with Gasteiger partial charge in [-0.3, -0.25) is 5.01 Å². The lowest BCUT2D eigenvalue weighted by atomic mass is 10.2. The number of nitrogens with zero attached hydrogens (tertiary/aromatic N) is 2. The Bertz CT molecular complexity index is 310. The van der Waals surface area contributed by atoms with E-state index in [9.17, 15) is 0 Å². The van der Waals surface area contributed by atoms with Crippen LogP contribution in [0.15, 0.2) is 6.20 Å². The highest BCUT2D eigenvalue weighted by Gasteiger charge is 2.10. The molecule has 4 nitrogen and oxygen atoms in total. The van der Waals surface area contributed by atoms with E-state index in [-0.39, 0.29) is 0 Å². The number of pyridine rings is 1. The molecule has 0 spiro atoms. The zero-order valence-electron chi connectivity index (χ0n) is 8.46. The van der Waals surface area contributed by atoms with Gasteiger partial charge in [-0.25, -0.2) is 10.8 Å². The molecule has 4 heteroatoms. The Labute approximate surface area is 78.3 Å². The molecule has 0 unspecified atom stereocenters. The number of rotatable bonds is 2. The Morgan fingerprint density at radius 3 is 2.54 bits per heavy atom. The molecule has 0 aliphatic heterocycles. The van der Waals surface area contributed by atoms with Crippen LogP contribution < -0.4 is 15.6 Å². The van der Waals surface area contributed by atoms with Crippen molar-refractivity contribution < 1.29 is 4.74 Å². The van der Waals surface area contributed by atoms with E-state index in [0.717, 1.165) is 22.7 Å². The van der Waals surface area contributed by atoms with E-state index in [0.29, 0.717) is 0 Å². The summed E-state index contributed by atoms with van der Waals surface area (Å²) >= 11 is 0. The van der Waals surface area contributed by atoms with Crippen LogP contribution in [0.25, 0.3) is 0 Å². The molecule has 0 saturated carbocycles. The molecule has 0 radical (unpaired) electrons. The van der Waals surface area contributed by atoms with Gasteiger partial charge in [-0.1, -0.05) is 0 Å². The number of hydrazine groups is 1. The Morgan fingerprint density at radius 1 is 1.46 bits per heavy atom. The number of aryl methyl sites for hydroxylation is 1. The molecule has 72 valence electrons. The van der Waals surface area contributed by atoms with Crippen molar-refractivity contribution >= 4 is 5.82 Å². The number of ether oxygens (including phenoxy) is 1. The Kier molecular flexibility index (Phi) is 2.72. The van der Waals surface area contributed by atoms with Gasteiger partial charge < -0.3 is 4.74 Å². The maximum Gasteiger partial charge on any atom is 0.148 e. The molecule has 0 fully saturated rings. The molecule has 1 heterocycles. The average molecular weight is 181 g/mol. The SMILES string of the molecule is COc1c(C)cnc(N(C)N)c1C. The van der Waals surface area contributed by atoms with Crippen molar-refractivity contribution in [3.8, 4) is 5.75 Å². The minimum atomic E-state index is 0.738. The third-order valence-corrected chi connectivity index (χ3v) is 1.95. The van der Waals surface area contributed by atoms with Gasteiger partial charge in [0.1, 0.15) is 11.6 Å². The largest absolute Gasteiger partial charge is 0.496 e. The number of hydrogen-bond donors (Lipinski definition) is 1. The highest BCUT2D eigenvalue weighted by atomic mass is 16.5. The van der Waals surface area contributed by atoms with Crippen LogP contribution in [0.4, 0.5) is 5.82 Å². The molecule has 0 aromatic carbocycles. The summed E-state index contributed by atoms with van der Waals surface area (Å²) in [5.74, 6) is 7.19. The summed E-state index contributed by atoms with van der Waals surface area (Å²) in [6.07, 6.45) is 1.75.